The second-order valence-corrected chi connectivity index (χ2v) is 6.76. The molecule has 1 heterocycles. The van der Waals surface area contributed by atoms with E-state index in [2.05, 4.69) is 0 Å². The van der Waals surface area contributed by atoms with Crippen molar-refractivity contribution in [3.05, 3.63) is 53.8 Å². The van der Waals surface area contributed by atoms with E-state index in [1.807, 2.05) is 25.1 Å². The number of thioether (sulfide) groups is 1. The first kappa shape index (κ1) is 17.6. The molecule has 0 N–H and O–H groups in total. The predicted molar refractivity (Wildman–Crippen MR) is 95.4 cm³/mol. The third-order valence-corrected chi connectivity index (χ3v) is 5.01. The molecule has 2 aromatic rings. The third-order valence-electron chi connectivity index (χ3n) is 3.95. The lowest BCUT2D eigenvalue weighted by atomic mass is 10.2. The average molecular weight is 361 g/mol. The second-order valence-electron chi connectivity index (χ2n) is 5.62. The molecule has 0 spiro atoms. The van der Waals surface area contributed by atoms with E-state index in [0.29, 0.717) is 30.2 Å². The minimum Gasteiger partial charge on any atom is -0.454 e. The van der Waals surface area contributed by atoms with Crippen LogP contribution in [0, 0.1) is 5.82 Å². The van der Waals surface area contributed by atoms with Gasteiger partial charge in [0, 0.05) is 30.2 Å². The van der Waals surface area contributed by atoms with Crippen LogP contribution < -0.4 is 9.47 Å². The van der Waals surface area contributed by atoms with Crippen molar-refractivity contribution >= 4 is 17.7 Å². The van der Waals surface area contributed by atoms with Gasteiger partial charge in [0.05, 0.1) is 0 Å². The zero-order chi connectivity index (χ0) is 17.6. The Bertz CT molecular complexity index is 753. The van der Waals surface area contributed by atoms with E-state index in [0.717, 1.165) is 17.1 Å². The summed E-state index contributed by atoms with van der Waals surface area (Å²) in [6.45, 7) is 3.34. The maximum Gasteiger partial charge on any atom is 0.231 e. The van der Waals surface area contributed by atoms with E-state index in [4.69, 9.17) is 9.47 Å². The summed E-state index contributed by atoms with van der Waals surface area (Å²) in [5.74, 6) is 1.82. The summed E-state index contributed by atoms with van der Waals surface area (Å²) in [5.41, 5.74) is 1.00. The number of hydrogen-bond acceptors (Lipinski definition) is 4. The summed E-state index contributed by atoms with van der Waals surface area (Å²) in [6, 6.07) is 12.3. The first-order valence-corrected chi connectivity index (χ1v) is 9.19. The van der Waals surface area contributed by atoms with Crippen molar-refractivity contribution in [3.8, 4) is 11.5 Å². The Labute approximate surface area is 150 Å². The van der Waals surface area contributed by atoms with Crippen LogP contribution in [0.15, 0.2) is 47.4 Å². The maximum absolute atomic E-state index is 13.6. The minimum absolute atomic E-state index is 0.0593. The van der Waals surface area contributed by atoms with E-state index >= 15 is 0 Å². The van der Waals surface area contributed by atoms with Crippen LogP contribution in [0.5, 0.6) is 11.5 Å². The van der Waals surface area contributed by atoms with Crippen molar-refractivity contribution in [2.45, 2.75) is 24.8 Å². The van der Waals surface area contributed by atoms with Crippen LogP contribution in [0.3, 0.4) is 0 Å². The molecule has 0 aliphatic carbocycles. The van der Waals surface area contributed by atoms with Gasteiger partial charge in [-0.25, -0.2) is 4.39 Å². The van der Waals surface area contributed by atoms with Crippen LogP contribution in [0.2, 0.25) is 0 Å². The van der Waals surface area contributed by atoms with Crippen LogP contribution in [0.1, 0.15) is 18.9 Å². The van der Waals surface area contributed by atoms with Gasteiger partial charge in [-0.05, 0) is 36.8 Å². The fourth-order valence-corrected chi connectivity index (χ4v) is 3.48. The van der Waals surface area contributed by atoms with Crippen molar-refractivity contribution in [2.75, 3.05) is 19.1 Å². The summed E-state index contributed by atoms with van der Waals surface area (Å²) in [6.07, 6.45) is 0.372. The maximum atomic E-state index is 13.6. The predicted octanol–water partition coefficient (Wildman–Crippen LogP) is 4.09. The normalized spacial score (nSPS) is 12.2. The van der Waals surface area contributed by atoms with Crippen molar-refractivity contribution in [2.24, 2.45) is 0 Å². The fraction of sp³-hybridized carbons (Fsp3) is 0.316. The summed E-state index contributed by atoms with van der Waals surface area (Å²) < 4.78 is 24.3. The summed E-state index contributed by atoms with van der Waals surface area (Å²) in [4.78, 5) is 14.8. The number of carbonyl (C=O) groups excluding carboxylic acids is 1. The number of halogens is 1. The molecule has 4 nitrogen and oxygen atoms in total. The minimum atomic E-state index is -0.243. The van der Waals surface area contributed by atoms with E-state index in [1.54, 1.807) is 23.1 Å². The van der Waals surface area contributed by atoms with E-state index in [1.165, 1.54) is 17.8 Å². The highest BCUT2D eigenvalue weighted by Gasteiger charge is 2.16. The van der Waals surface area contributed by atoms with Crippen LogP contribution in [0.25, 0.3) is 0 Å². The zero-order valence-electron chi connectivity index (χ0n) is 14.0. The topological polar surface area (TPSA) is 38.8 Å². The molecular weight excluding hydrogens is 341 g/mol. The zero-order valence-corrected chi connectivity index (χ0v) is 14.9. The Hall–Kier alpha value is -2.21. The largest absolute Gasteiger partial charge is 0.454 e. The van der Waals surface area contributed by atoms with Gasteiger partial charge in [0.1, 0.15) is 5.82 Å². The van der Waals surface area contributed by atoms with Gasteiger partial charge in [0.25, 0.3) is 0 Å². The summed E-state index contributed by atoms with van der Waals surface area (Å²) in [7, 11) is 0. The average Bonchev–Trinajstić information content (AvgIpc) is 3.09. The molecule has 0 saturated carbocycles. The first-order chi connectivity index (χ1) is 12.2. The first-order valence-electron chi connectivity index (χ1n) is 8.21. The van der Waals surface area contributed by atoms with Gasteiger partial charge in [-0.15, -0.1) is 11.8 Å². The molecule has 0 radical (unpaired) electrons. The number of nitrogens with zero attached hydrogens (tertiary/aromatic N) is 1. The fourth-order valence-electron chi connectivity index (χ4n) is 2.60. The molecule has 0 saturated heterocycles. The number of hydrogen-bond donors (Lipinski definition) is 0. The Balaban J connectivity index is 1.53. The Kier molecular flexibility index (Phi) is 5.81. The van der Waals surface area contributed by atoms with Crippen molar-refractivity contribution in [3.63, 3.8) is 0 Å². The third kappa shape index (κ3) is 4.45. The second kappa shape index (κ2) is 8.25. The molecule has 1 amide bonds. The SMILES string of the molecule is CCN(Cc1ccc2c(c1)OCO2)C(=O)CCSc1ccccc1F. The molecule has 132 valence electrons. The lowest BCUT2D eigenvalue weighted by Crippen LogP contribution is -2.30. The molecule has 0 atom stereocenters. The Morgan fingerprint density at radius 2 is 2.00 bits per heavy atom. The highest BCUT2D eigenvalue weighted by molar-refractivity contribution is 7.99. The molecule has 0 unspecified atom stereocenters. The Morgan fingerprint density at radius 3 is 2.80 bits per heavy atom. The number of rotatable bonds is 7. The number of amides is 1. The quantitative estimate of drug-likeness (QED) is 0.697. The number of fused-ring (bicyclic) bond motifs is 1. The number of carbonyl (C=O) groups is 1. The van der Waals surface area contributed by atoms with E-state index < -0.39 is 0 Å². The lowest BCUT2D eigenvalue weighted by Gasteiger charge is -2.21. The molecule has 6 heteroatoms. The molecule has 1 aliphatic rings. The van der Waals surface area contributed by atoms with Gasteiger partial charge >= 0.3 is 0 Å². The van der Waals surface area contributed by atoms with E-state index in [-0.39, 0.29) is 18.5 Å². The van der Waals surface area contributed by atoms with Crippen LogP contribution in [0.4, 0.5) is 4.39 Å². The molecular formula is C19H20FNO3S. The van der Waals surface area contributed by atoms with Gasteiger partial charge in [-0.2, -0.15) is 0 Å². The lowest BCUT2D eigenvalue weighted by molar-refractivity contribution is -0.131. The molecule has 2 aromatic carbocycles. The van der Waals surface area contributed by atoms with Crippen LogP contribution >= 0.6 is 11.8 Å². The monoisotopic (exact) mass is 361 g/mol. The van der Waals surface area contributed by atoms with Gasteiger partial charge in [0.15, 0.2) is 11.5 Å². The van der Waals surface area contributed by atoms with Gasteiger partial charge < -0.3 is 14.4 Å². The van der Waals surface area contributed by atoms with E-state index in [9.17, 15) is 9.18 Å². The molecule has 0 fully saturated rings. The van der Waals surface area contributed by atoms with Crippen molar-refractivity contribution < 1.29 is 18.7 Å². The molecule has 25 heavy (non-hydrogen) atoms. The van der Waals surface area contributed by atoms with Crippen LogP contribution in [-0.2, 0) is 11.3 Å². The summed E-state index contributed by atoms with van der Waals surface area (Å²) in [5, 5.41) is 0. The number of benzene rings is 2. The van der Waals surface area contributed by atoms with Crippen molar-refractivity contribution in [1.82, 2.24) is 4.90 Å². The molecule has 0 aromatic heterocycles. The van der Waals surface area contributed by atoms with Gasteiger partial charge in [-0.3, -0.25) is 4.79 Å². The highest BCUT2D eigenvalue weighted by Crippen LogP contribution is 2.32. The summed E-state index contributed by atoms with van der Waals surface area (Å²) >= 11 is 1.37. The van der Waals surface area contributed by atoms with Gasteiger partial charge in [-0.1, -0.05) is 18.2 Å². The number of ether oxygens (including phenoxy) is 2. The Morgan fingerprint density at radius 1 is 1.20 bits per heavy atom. The van der Waals surface area contributed by atoms with Gasteiger partial charge in [0.2, 0.25) is 12.7 Å². The standard InChI is InChI=1S/C19H20FNO3S/c1-2-21(12-14-7-8-16-17(11-14)24-13-23-16)19(22)9-10-25-18-6-4-3-5-15(18)20/h3-8,11H,2,9-10,12-13H2,1H3. The molecule has 3 rings (SSSR count). The van der Waals surface area contributed by atoms with Crippen LogP contribution in [-0.4, -0.2) is 29.9 Å². The molecule has 0 bridgehead atoms. The van der Waals surface area contributed by atoms with Crippen molar-refractivity contribution in [1.29, 1.82) is 0 Å². The highest BCUT2D eigenvalue weighted by atomic mass is 32.2. The smallest absolute Gasteiger partial charge is 0.231 e. The molecule has 1 aliphatic heterocycles.